The van der Waals surface area contributed by atoms with E-state index < -0.39 is 10.0 Å². The summed E-state index contributed by atoms with van der Waals surface area (Å²) in [4.78, 5) is 0. The van der Waals surface area contributed by atoms with Crippen molar-refractivity contribution in [3.63, 3.8) is 0 Å². The Morgan fingerprint density at radius 3 is 2.71 bits per heavy atom. The molecule has 0 unspecified atom stereocenters. The van der Waals surface area contributed by atoms with E-state index in [0.717, 1.165) is 10.1 Å². The third-order valence-corrected chi connectivity index (χ3v) is 6.48. The standard InChI is InChI=1S/C14H18ClNO3S2/c1-14(2,5-6-17)9-16-21(18,19)13-8-10-7-11(15)3-4-12(10)20-13/h3-4,7-8,16-17H,5-6,9H2,1-2H3. The molecular weight excluding hydrogens is 330 g/mol. The van der Waals surface area contributed by atoms with E-state index in [-0.39, 0.29) is 22.8 Å². The van der Waals surface area contributed by atoms with Gasteiger partial charge in [-0.25, -0.2) is 13.1 Å². The molecular formula is C14H18ClNO3S2. The number of hydrogen-bond acceptors (Lipinski definition) is 4. The fourth-order valence-corrected chi connectivity index (χ4v) is 4.72. The Balaban J connectivity index is 2.21. The average Bonchev–Trinajstić information content (AvgIpc) is 2.80. The maximum Gasteiger partial charge on any atom is 0.250 e. The van der Waals surface area contributed by atoms with Crippen molar-refractivity contribution in [3.05, 3.63) is 29.3 Å². The van der Waals surface area contributed by atoms with Gasteiger partial charge in [-0.1, -0.05) is 25.4 Å². The second-order valence-electron chi connectivity index (χ2n) is 5.71. The summed E-state index contributed by atoms with van der Waals surface area (Å²) in [6.07, 6.45) is 0.539. The van der Waals surface area contributed by atoms with Crippen LogP contribution < -0.4 is 4.72 Å². The van der Waals surface area contributed by atoms with Crippen LogP contribution in [-0.4, -0.2) is 26.7 Å². The van der Waals surface area contributed by atoms with Gasteiger partial charge in [-0.2, -0.15) is 0 Å². The van der Waals surface area contributed by atoms with E-state index in [1.807, 2.05) is 19.9 Å². The smallest absolute Gasteiger partial charge is 0.250 e. The van der Waals surface area contributed by atoms with Gasteiger partial charge in [0.05, 0.1) is 0 Å². The van der Waals surface area contributed by atoms with Crippen LogP contribution in [0.1, 0.15) is 20.3 Å². The van der Waals surface area contributed by atoms with Gasteiger partial charge >= 0.3 is 0 Å². The summed E-state index contributed by atoms with van der Waals surface area (Å²) < 4.78 is 28.5. The van der Waals surface area contributed by atoms with Gasteiger partial charge in [-0.05, 0) is 41.5 Å². The molecule has 2 rings (SSSR count). The molecule has 0 radical (unpaired) electrons. The molecule has 0 saturated heterocycles. The Kier molecular flexibility index (Phi) is 4.95. The molecule has 0 bridgehead atoms. The molecule has 0 aliphatic rings. The molecule has 7 heteroatoms. The first kappa shape index (κ1) is 16.7. The summed E-state index contributed by atoms with van der Waals surface area (Å²) in [7, 11) is -3.54. The van der Waals surface area contributed by atoms with E-state index in [1.54, 1.807) is 18.2 Å². The van der Waals surface area contributed by atoms with Crippen molar-refractivity contribution in [1.29, 1.82) is 0 Å². The van der Waals surface area contributed by atoms with E-state index in [9.17, 15) is 8.42 Å². The zero-order chi connectivity index (χ0) is 15.7. The van der Waals surface area contributed by atoms with Crippen LogP contribution in [0, 0.1) is 5.41 Å². The normalized spacial score (nSPS) is 13.0. The number of aliphatic hydroxyl groups excluding tert-OH is 1. The van der Waals surface area contributed by atoms with Crippen molar-refractivity contribution in [1.82, 2.24) is 4.72 Å². The lowest BCUT2D eigenvalue weighted by molar-refractivity contribution is 0.213. The van der Waals surface area contributed by atoms with Crippen molar-refractivity contribution in [2.24, 2.45) is 5.41 Å². The molecule has 0 amide bonds. The largest absolute Gasteiger partial charge is 0.396 e. The lowest BCUT2D eigenvalue weighted by atomic mass is 9.90. The minimum Gasteiger partial charge on any atom is -0.396 e. The SMILES string of the molecule is CC(C)(CCO)CNS(=O)(=O)c1cc2cc(Cl)ccc2s1. The molecule has 2 N–H and O–H groups in total. The monoisotopic (exact) mass is 347 g/mol. The van der Waals surface area contributed by atoms with E-state index in [1.165, 1.54) is 11.3 Å². The van der Waals surface area contributed by atoms with E-state index in [4.69, 9.17) is 16.7 Å². The molecule has 0 atom stereocenters. The third-order valence-electron chi connectivity index (χ3n) is 3.25. The number of benzene rings is 1. The first-order valence-electron chi connectivity index (χ1n) is 6.53. The average molecular weight is 348 g/mol. The molecule has 21 heavy (non-hydrogen) atoms. The molecule has 0 aliphatic carbocycles. The number of halogens is 1. The maximum absolute atomic E-state index is 12.3. The van der Waals surface area contributed by atoms with Crippen LogP contribution in [0.3, 0.4) is 0 Å². The zero-order valence-electron chi connectivity index (χ0n) is 11.9. The van der Waals surface area contributed by atoms with Crippen molar-refractivity contribution in [2.75, 3.05) is 13.2 Å². The number of fused-ring (bicyclic) bond motifs is 1. The fourth-order valence-electron chi connectivity index (χ4n) is 1.87. The summed E-state index contributed by atoms with van der Waals surface area (Å²) in [5.41, 5.74) is -0.290. The highest BCUT2D eigenvalue weighted by Crippen LogP contribution is 2.31. The van der Waals surface area contributed by atoms with Gasteiger partial charge < -0.3 is 5.11 Å². The summed E-state index contributed by atoms with van der Waals surface area (Å²) in [5.74, 6) is 0. The Bertz CT molecular complexity index is 738. The molecule has 1 aromatic carbocycles. The highest BCUT2D eigenvalue weighted by molar-refractivity contribution is 7.91. The number of hydrogen-bond donors (Lipinski definition) is 2. The van der Waals surface area contributed by atoms with Crippen LogP contribution >= 0.6 is 22.9 Å². The number of sulfonamides is 1. The van der Waals surface area contributed by atoms with Gasteiger partial charge in [0.15, 0.2) is 0 Å². The molecule has 0 spiro atoms. The fraction of sp³-hybridized carbons (Fsp3) is 0.429. The number of aliphatic hydroxyl groups is 1. The number of rotatable bonds is 6. The van der Waals surface area contributed by atoms with Crippen LogP contribution in [-0.2, 0) is 10.0 Å². The topological polar surface area (TPSA) is 66.4 Å². The van der Waals surface area contributed by atoms with Crippen molar-refractivity contribution < 1.29 is 13.5 Å². The first-order chi connectivity index (χ1) is 9.73. The summed E-state index contributed by atoms with van der Waals surface area (Å²) in [5, 5.41) is 10.4. The van der Waals surface area contributed by atoms with Crippen molar-refractivity contribution in [3.8, 4) is 0 Å². The molecule has 0 fully saturated rings. The van der Waals surface area contributed by atoms with Crippen LogP contribution in [0.25, 0.3) is 10.1 Å². The van der Waals surface area contributed by atoms with Gasteiger partial charge in [-0.3, -0.25) is 0 Å². The lowest BCUT2D eigenvalue weighted by Crippen LogP contribution is -2.34. The minimum atomic E-state index is -3.54. The van der Waals surface area contributed by atoms with Crippen LogP contribution in [0.5, 0.6) is 0 Å². The number of thiophene rings is 1. The van der Waals surface area contributed by atoms with Gasteiger partial charge in [0.25, 0.3) is 0 Å². The highest BCUT2D eigenvalue weighted by atomic mass is 35.5. The lowest BCUT2D eigenvalue weighted by Gasteiger charge is -2.23. The quantitative estimate of drug-likeness (QED) is 0.843. The van der Waals surface area contributed by atoms with Gasteiger partial charge in [-0.15, -0.1) is 11.3 Å². The Morgan fingerprint density at radius 1 is 1.33 bits per heavy atom. The molecule has 2 aromatic rings. The zero-order valence-corrected chi connectivity index (χ0v) is 14.3. The Morgan fingerprint density at radius 2 is 2.05 bits per heavy atom. The highest BCUT2D eigenvalue weighted by Gasteiger charge is 2.23. The molecule has 1 heterocycles. The van der Waals surface area contributed by atoms with E-state index in [2.05, 4.69) is 4.72 Å². The van der Waals surface area contributed by atoms with Gasteiger partial charge in [0.2, 0.25) is 10.0 Å². The molecule has 0 aliphatic heterocycles. The van der Waals surface area contributed by atoms with Crippen LogP contribution in [0.15, 0.2) is 28.5 Å². The van der Waals surface area contributed by atoms with Gasteiger partial charge in [0, 0.05) is 22.9 Å². The molecule has 1 aromatic heterocycles. The second-order valence-corrected chi connectivity index (χ2v) is 9.22. The third kappa shape index (κ3) is 4.17. The predicted octanol–water partition coefficient (Wildman–Crippen LogP) is 3.24. The number of nitrogens with one attached hydrogen (secondary N) is 1. The predicted molar refractivity (Wildman–Crippen MR) is 87.5 cm³/mol. The van der Waals surface area contributed by atoms with Crippen LogP contribution in [0.4, 0.5) is 0 Å². The van der Waals surface area contributed by atoms with Crippen molar-refractivity contribution >= 4 is 43.0 Å². The summed E-state index contributed by atoms with van der Waals surface area (Å²) in [6, 6.07) is 6.95. The second kappa shape index (κ2) is 6.22. The minimum absolute atomic E-state index is 0.0378. The Hall–Kier alpha value is -0.660. The maximum atomic E-state index is 12.3. The van der Waals surface area contributed by atoms with Crippen LogP contribution in [0.2, 0.25) is 5.02 Å². The van der Waals surface area contributed by atoms with E-state index in [0.29, 0.717) is 11.4 Å². The first-order valence-corrected chi connectivity index (χ1v) is 9.21. The van der Waals surface area contributed by atoms with Crippen molar-refractivity contribution in [2.45, 2.75) is 24.5 Å². The Labute approximate surface area is 133 Å². The molecule has 4 nitrogen and oxygen atoms in total. The summed E-state index contributed by atoms with van der Waals surface area (Å²) in [6.45, 7) is 4.15. The molecule has 0 saturated carbocycles. The molecule has 116 valence electrons. The summed E-state index contributed by atoms with van der Waals surface area (Å²) >= 11 is 7.13. The van der Waals surface area contributed by atoms with Gasteiger partial charge in [0.1, 0.15) is 4.21 Å². The van der Waals surface area contributed by atoms with E-state index >= 15 is 0 Å².